The Kier molecular flexibility index (Phi) is 5.95. The summed E-state index contributed by atoms with van der Waals surface area (Å²) in [7, 11) is 1.39. The number of fused-ring (bicyclic) bond motifs is 1. The number of esters is 1. The van der Waals surface area contributed by atoms with Crippen molar-refractivity contribution in [3.8, 4) is 28.6 Å². The summed E-state index contributed by atoms with van der Waals surface area (Å²) in [5.74, 6) is 1.21. The van der Waals surface area contributed by atoms with E-state index in [0.717, 1.165) is 22.0 Å². The van der Waals surface area contributed by atoms with E-state index in [2.05, 4.69) is 10.1 Å². The molecule has 0 spiro atoms. The van der Waals surface area contributed by atoms with Crippen LogP contribution in [0.3, 0.4) is 0 Å². The van der Waals surface area contributed by atoms with Crippen LogP contribution in [0, 0.1) is 0 Å². The third-order valence-corrected chi connectivity index (χ3v) is 5.10. The van der Waals surface area contributed by atoms with E-state index in [4.69, 9.17) is 25.6 Å². The molecular formula is C23H22ClN3O4. The molecule has 31 heavy (non-hydrogen) atoms. The minimum absolute atomic E-state index is 0.0283. The van der Waals surface area contributed by atoms with Crippen LogP contribution in [0.25, 0.3) is 33.7 Å². The predicted octanol–water partition coefficient (Wildman–Crippen LogP) is 5.36. The van der Waals surface area contributed by atoms with Gasteiger partial charge >= 0.3 is 5.97 Å². The largest absolute Gasteiger partial charge is 0.489 e. The lowest BCUT2D eigenvalue weighted by Crippen LogP contribution is -2.06. The molecule has 0 N–H and O–H groups in total. The number of hydrogen-bond donors (Lipinski definition) is 0. The summed E-state index contributed by atoms with van der Waals surface area (Å²) >= 11 is 6.34. The molecule has 8 heteroatoms. The second-order valence-corrected chi connectivity index (χ2v) is 7.72. The van der Waals surface area contributed by atoms with Crippen molar-refractivity contribution < 1.29 is 18.8 Å². The van der Waals surface area contributed by atoms with Crippen molar-refractivity contribution in [3.63, 3.8) is 0 Å². The Morgan fingerprint density at radius 2 is 2.06 bits per heavy atom. The number of methoxy groups -OCH3 is 1. The first kappa shape index (κ1) is 20.9. The molecule has 0 saturated carbocycles. The molecule has 0 unspecified atom stereocenters. The molecule has 4 aromatic rings. The summed E-state index contributed by atoms with van der Waals surface area (Å²) < 4.78 is 18.0. The van der Waals surface area contributed by atoms with E-state index in [1.807, 2.05) is 54.9 Å². The zero-order valence-electron chi connectivity index (χ0n) is 17.5. The van der Waals surface area contributed by atoms with Crippen LogP contribution in [0.5, 0.6) is 5.75 Å². The van der Waals surface area contributed by atoms with E-state index >= 15 is 0 Å². The normalized spacial score (nSPS) is 11.3. The lowest BCUT2D eigenvalue weighted by molar-refractivity contribution is -0.140. The average Bonchev–Trinajstić information content (AvgIpc) is 3.40. The van der Waals surface area contributed by atoms with Gasteiger partial charge in [-0.05, 0) is 50.2 Å². The zero-order chi connectivity index (χ0) is 22.0. The van der Waals surface area contributed by atoms with Crippen molar-refractivity contribution in [3.05, 3.63) is 53.7 Å². The molecule has 0 bridgehead atoms. The molecule has 0 aliphatic rings. The van der Waals surface area contributed by atoms with Gasteiger partial charge in [0.05, 0.1) is 24.7 Å². The fourth-order valence-electron chi connectivity index (χ4n) is 3.36. The Morgan fingerprint density at radius 3 is 2.81 bits per heavy atom. The number of aryl methyl sites for hydroxylation is 1. The van der Waals surface area contributed by atoms with Crippen LogP contribution in [0.2, 0.25) is 5.02 Å². The first-order valence-corrected chi connectivity index (χ1v) is 10.3. The van der Waals surface area contributed by atoms with Crippen molar-refractivity contribution in [2.45, 2.75) is 32.9 Å². The van der Waals surface area contributed by atoms with Crippen molar-refractivity contribution in [1.82, 2.24) is 14.7 Å². The highest BCUT2D eigenvalue weighted by molar-refractivity contribution is 6.32. The third-order valence-electron chi connectivity index (χ3n) is 4.81. The fourth-order valence-corrected chi connectivity index (χ4v) is 3.58. The third kappa shape index (κ3) is 4.41. The predicted molar refractivity (Wildman–Crippen MR) is 118 cm³/mol. The molecule has 0 atom stereocenters. The summed E-state index contributed by atoms with van der Waals surface area (Å²) in [5, 5.41) is 5.57. The summed E-state index contributed by atoms with van der Waals surface area (Å²) in [6.07, 6.45) is 2.26. The van der Waals surface area contributed by atoms with Crippen molar-refractivity contribution in [2.75, 3.05) is 7.11 Å². The summed E-state index contributed by atoms with van der Waals surface area (Å²) in [6, 6.07) is 13.2. The van der Waals surface area contributed by atoms with Crippen LogP contribution in [0.1, 0.15) is 20.3 Å². The fraction of sp³-hybridized carbons (Fsp3) is 0.261. The number of benzene rings is 2. The van der Waals surface area contributed by atoms with Crippen LogP contribution < -0.4 is 4.74 Å². The zero-order valence-corrected chi connectivity index (χ0v) is 18.2. The standard InChI is InChI=1S/C23H22ClN3O4/c1-14(2)30-20-8-7-15(13-18(20)24)22-25-23(31-26-22)17-5-4-6-19-16(17)9-11-27(19)12-10-21(28)29-3/h4-9,11,13-14H,10,12H2,1-3H3. The van der Waals surface area contributed by atoms with Crippen LogP contribution in [0.4, 0.5) is 0 Å². The van der Waals surface area contributed by atoms with Crippen molar-refractivity contribution >= 4 is 28.5 Å². The van der Waals surface area contributed by atoms with E-state index in [-0.39, 0.29) is 12.1 Å². The Balaban J connectivity index is 1.63. The maximum absolute atomic E-state index is 11.5. The summed E-state index contributed by atoms with van der Waals surface area (Å²) in [5.41, 5.74) is 2.53. The minimum Gasteiger partial charge on any atom is -0.489 e. The van der Waals surface area contributed by atoms with E-state index in [9.17, 15) is 4.79 Å². The highest BCUT2D eigenvalue weighted by Gasteiger charge is 2.16. The van der Waals surface area contributed by atoms with Crippen molar-refractivity contribution in [1.29, 1.82) is 0 Å². The maximum Gasteiger partial charge on any atom is 0.307 e. The van der Waals surface area contributed by atoms with E-state index in [1.165, 1.54) is 7.11 Å². The van der Waals surface area contributed by atoms with Gasteiger partial charge in [-0.2, -0.15) is 4.98 Å². The molecule has 0 aliphatic carbocycles. The lowest BCUT2D eigenvalue weighted by Gasteiger charge is -2.11. The number of ether oxygens (including phenoxy) is 2. The van der Waals surface area contributed by atoms with Gasteiger partial charge in [-0.15, -0.1) is 0 Å². The number of halogens is 1. The Morgan fingerprint density at radius 1 is 1.23 bits per heavy atom. The van der Waals surface area contributed by atoms with E-state index in [0.29, 0.717) is 35.5 Å². The molecule has 2 aromatic heterocycles. The Hall–Kier alpha value is -3.32. The molecule has 160 valence electrons. The van der Waals surface area contributed by atoms with Gasteiger partial charge < -0.3 is 18.6 Å². The number of carbonyl (C=O) groups is 1. The van der Waals surface area contributed by atoms with Gasteiger partial charge in [0.1, 0.15) is 5.75 Å². The first-order valence-electron chi connectivity index (χ1n) is 9.91. The van der Waals surface area contributed by atoms with E-state index < -0.39 is 0 Å². The monoisotopic (exact) mass is 439 g/mol. The van der Waals surface area contributed by atoms with Gasteiger partial charge in [0.2, 0.25) is 5.82 Å². The number of carbonyl (C=O) groups excluding carboxylic acids is 1. The van der Waals surface area contributed by atoms with Crippen molar-refractivity contribution in [2.24, 2.45) is 0 Å². The van der Waals surface area contributed by atoms with Gasteiger partial charge in [0.15, 0.2) is 0 Å². The quantitative estimate of drug-likeness (QED) is 0.360. The summed E-state index contributed by atoms with van der Waals surface area (Å²) in [4.78, 5) is 16.0. The lowest BCUT2D eigenvalue weighted by atomic mass is 10.1. The topological polar surface area (TPSA) is 79.4 Å². The van der Waals surface area contributed by atoms with Gasteiger partial charge in [-0.3, -0.25) is 4.79 Å². The molecule has 0 saturated heterocycles. The van der Waals surface area contributed by atoms with Crippen LogP contribution >= 0.6 is 11.6 Å². The summed E-state index contributed by atoms with van der Waals surface area (Å²) in [6.45, 7) is 4.41. The van der Waals surface area contributed by atoms with Gasteiger partial charge in [-0.1, -0.05) is 22.8 Å². The highest BCUT2D eigenvalue weighted by Crippen LogP contribution is 2.33. The highest BCUT2D eigenvalue weighted by atomic mass is 35.5. The molecule has 7 nitrogen and oxygen atoms in total. The molecular weight excluding hydrogens is 418 g/mol. The van der Waals surface area contributed by atoms with Gasteiger partial charge in [0, 0.05) is 34.8 Å². The Labute approximate surface area is 184 Å². The minimum atomic E-state index is -0.247. The molecule has 4 rings (SSSR count). The Bertz CT molecular complexity index is 1230. The van der Waals surface area contributed by atoms with Crippen LogP contribution in [-0.4, -0.2) is 33.9 Å². The maximum atomic E-state index is 11.5. The molecule has 2 heterocycles. The van der Waals surface area contributed by atoms with Gasteiger partial charge in [-0.25, -0.2) is 0 Å². The smallest absolute Gasteiger partial charge is 0.307 e. The molecule has 0 radical (unpaired) electrons. The number of nitrogens with zero attached hydrogens (tertiary/aromatic N) is 3. The molecule has 0 amide bonds. The van der Waals surface area contributed by atoms with Crippen LogP contribution in [-0.2, 0) is 16.1 Å². The van der Waals surface area contributed by atoms with E-state index in [1.54, 1.807) is 12.1 Å². The number of rotatable bonds is 7. The molecule has 2 aromatic carbocycles. The van der Waals surface area contributed by atoms with Gasteiger partial charge in [0.25, 0.3) is 5.89 Å². The molecule has 0 fully saturated rings. The number of aromatic nitrogens is 3. The SMILES string of the molecule is COC(=O)CCn1ccc2c(-c3nc(-c4ccc(OC(C)C)c(Cl)c4)no3)cccc21. The number of hydrogen-bond acceptors (Lipinski definition) is 6. The second-order valence-electron chi connectivity index (χ2n) is 7.31. The second kappa shape index (κ2) is 8.81. The van der Waals surface area contributed by atoms with Crippen LogP contribution in [0.15, 0.2) is 53.2 Å². The average molecular weight is 440 g/mol. The first-order chi connectivity index (χ1) is 15.0. The molecule has 0 aliphatic heterocycles.